The van der Waals surface area contributed by atoms with Gasteiger partial charge in [-0.1, -0.05) is 6.07 Å². The summed E-state index contributed by atoms with van der Waals surface area (Å²) in [5.41, 5.74) is 4.58. The summed E-state index contributed by atoms with van der Waals surface area (Å²) in [5.74, 6) is 0.890. The molecule has 0 unspecified atom stereocenters. The summed E-state index contributed by atoms with van der Waals surface area (Å²) in [7, 11) is 0. The number of aromatic nitrogens is 2. The summed E-state index contributed by atoms with van der Waals surface area (Å²) in [6, 6.07) is 9.91. The molecule has 2 atom stereocenters. The van der Waals surface area contributed by atoms with Crippen LogP contribution in [0.3, 0.4) is 0 Å². The molecule has 3 aromatic heterocycles. The summed E-state index contributed by atoms with van der Waals surface area (Å²) in [6.45, 7) is 4.84. The van der Waals surface area contributed by atoms with Crippen molar-refractivity contribution in [2.45, 2.75) is 32.5 Å². The highest BCUT2D eigenvalue weighted by atomic mass is 127. The van der Waals surface area contributed by atoms with Gasteiger partial charge >= 0.3 is 0 Å². The second-order valence-corrected chi connectivity index (χ2v) is 7.90. The average molecular weight is 478 g/mol. The molecule has 1 aliphatic rings. The molecule has 0 amide bonds. The van der Waals surface area contributed by atoms with E-state index < -0.39 is 0 Å². The quantitative estimate of drug-likeness (QED) is 0.430. The van der Waals surface area contributed by atoms with Crippen LogP contribution < -0.4 is 5.32 Å². The number of hydrogen-bond acceptors (Lipinski definition) is 3. The van der Waals surface area contributed by atoms with Gasteiger partial charge in [0, 0.05) is 26.7 Å². The molecule has 0 aliphatic carbocycles. The zero-order valence-corrected chi connectivity index (χ0v) is 17.5. The van der Waals surface area contributed by atoms with E-state index in [0.717, 1.165) is 22.3 Å². The van der Waals surface area contributed by atoms with Crippen LogP contribution in [0.1, 0.15) is 40.5 Å². The van der Waals surface area contributed by atoms with E-state index in [9.17, 15) is 0 Å². The number of furan rings is 1. The van der Waals surface area contributed by atoms with Crippen LogP contribution in [0.15, 0.2) is 47.2 Å². The van der Waals surface area contributed by atoms with Crippen LogP contribution in [0.4, 0.5) is 0 Å². The molecule has 1 aliphatic heterocycles. The van der Waals surface area contributed by atoms with Gasteiger partial charge in [-0.3, -0.25) is 4.98 Å². The average Bonchev–Trinajstić information content (AvgIpc) is 3.31. The maximum absolute atomic E-state index is 5.69. The lowest BCUT2D eigenvalue weighted by molar-refractivity contribution is 0.286. The van der Waals surface area contributed by atoms with Crippen molar-refractivity contribution in [3.8, 4) is 0 Å². The number of nitrogens with zero attached hydrogens (tertiary/aromatic N) is 2. The number of aryl methyl sites for hydroxylation is 2. The molecule has 26 heavy (non-hydrogen) atoms. The van der Waals surface area contributed by atoms with Crippen molar-refractivity contribution in [3.05, 3.63) is 74.8 Å². The molecule has 1 saturated heterocycles. The highest BCUT2D eigenvalue weighted by Crippen LogP contribution is 2.43. The smallest absolute Gasteiger partial charge is 0.170 e. The van der Waals surface area contributed by atoms with Crippen molar-refractivity contribution in [3.63, 3.8) is 0 Å². The molecule has 0 saturated carbocycles. The lowest BCUT2D eigenvalue weighted by atomic mass is 9.96. The van der Waals surface area contributed by atoms with Crippen molar-refractivity contribution >= 4 is 39.9 Å². The maximum atomic E-state index is 5.69. The van der Waals surface area contributed by atoms with Crippen LogP contribution >= 0.6 is 34.8 Å². The fourth-order valence-electron chi connectivity index (χ4n) is 3.58. The van der Waals surface area contributed by atoms with E-state index in [0.29, 0.717) is 6.54 Å². The number of halogens is 1. The lowest BCUT2D eigenvalue weighted by Crippen LogP contribution is -2.29. The highest BCUT2D eigenvalue weighted by molar-refractivity contribution is 14.1. The Hall–Kier alpha value is -1.87. The Morgan fingerprint density at radius 3 is 2.69 bits per heavy atom. The van der Waals surface area contributed by atoms with Crippen molar-refractivity contribution in [2.75, 3.05) is 0 Å². The number of nitrogens with one attached hydrogen (secondary N) is 2. The third kappa shape index (κ3) is 3.03. The third-order valence-corrected chi connectivity index (χ3v) is 6.49. The molecular formula is C19H19IN4OS. The molecule has 0 spiro atoms. The Bertz CT molecular complexity index is 923. The summed E-state index contributed by atoms with van der Waals surface area (Å²) in [4.78, 5) is 10.3. The lowest BCUT2D eigenvalue weighted by Gasteiger charge is -2.27. The van der Waals surface area contributed by atoms with Crippen LogP contribution in [0.5, 0.6) is 0 Å². The molecule has 1 fully saturated rings. The molecule has 7 heteroatoms. The number of pyridine rings is 1. The molecule has 0 bridgehead atoms. The molecule has 134 valence electrons. The minimum absolute atomic E-state index is 0.0129. The van der Waals surface area contributed by atoms with Gasteiger partial charge in [-0.2, -0.15) is 0 Å². The highest BCUT2D eigenvalue weighted by Gasteiger charge is 2.42. The normalized spacial score (nSPS) is 19.8. The van der Waals surface area contributed by atoms with Gasteiger partial charge in [0.2, 0.25) is 0 Å². The standard InChI is InChI=1S/C19H19IN4OS/c1-11-15(16(20)12(2)22-11)18-17(14-7-3-4-8-21-14)23-19(26)24(18)10-13-6-5-9-25-13/h3-9,17-18,22H,10H2,1-2H3,(H,23,26)/t17-,18-/m1/s1. The van der Waals surface area contributed by atoms with Gasteiger partial charge in [-0.05, 0) is 72.9 Å². The van der Waals surface area contributed by atoms with Crippen LogP contribution in [0.25, 0.3) is 0 Å². The van der Waals surface area contributed by atoms with Crippen LogP contribution in [0.2, 0.25) is 0 Å². The summed E-state index contributed by atoms with van der Waals surface area (Å²) < 4.78 is 6.82. The van der Waals surface area contributed by atoms with E-state index in [-0.39, 0.29) is 12.1 Å². The van der Waals surface area contributed by atoms with Gasteiger partial charge < -0.3 is 19.6 Å². The number of thiocarbonyl (C=S) groups is 1. The first-order chi connectivity index (χ1) is 12.6. The Labute approximate surface area is 171 Å². The zero-order valence-electron chi connectivity index (χ0n) is 14.5. The molecule has 4 heterocycles. The minimum Gasteiger partial charge on any atom is -0.467 e. The predicted molar refractivity (Wildman–Crippen MR) is 113 cm³/mol. The molecule has 4 rings (SSSR count). The summed E-state index contributed by atoms with van der Waals surface area (Å²) in [6.07, 6.45) is 3.52. The van der Waals surface area contributed by atoms with E-state index in [2.05, 4.69) is 56.6 Å². The van der Waals surface area contributed by atoms with Crippen LogP contribution in [-0.4, -0.2) is 20.0 Å². The van der Waals surface area contributed by atoms with Gasteiger partial charge in [-0.15, -0.1) is 0 Å². The second kappa shape index (κ2) is 7.03. The Morgan fingerprint density at radius 2 is 2.08 bits per heavy atom. The Balaban J connectivity index is 1.81. The number of rotatable bonds is 4. The van der Waals surface area contributed by atoms with E-state index in [4.69, 9.17) is 16.6 Å². The summed E-state index contributed by atoms with van der Waals surface area (Å²) >= 11 is 8.11. The molecule has 3 aromatic rings. The molecule has 2 N–H and O–H groups in total. The Kier molecular flexibility index (Phi) is 4.74. The van der Waals surface area contributed by atoms with Gasteiger partial charge in [0.25, 0.3) is 0 Å². The van der Waals surface area contributed by atoms with E-state index in [1.807, 2.05) is 36.5 Å². The molecule has 0 aromatic carbocycles. The monoisotopic (exact) mass is 478 g/mol. The zero-order chi connectivity index (χ0) is 18.3. The van der Waals surface area contributed by atoms with E-state index in [1.54, 1.807) is 6.26 Å². The third-order valence-electron chi connectivity index (χ3n) is 4.74. The summed E-state index contributed by atoms with van der Waals surface area (Å²) in [5, 5.41) is 4.20. The number of aromatic amines is 1. The van der Waals surface area contributed by atoms with E-state index in [1.165, 1.54) is 14.8 Å². The maximum Gasteiger partial charge on any atom is 0.170 e. The largest absolute Gasteiger partial charge is 0.467 e. The van der Waals surface area contributed by atoms with Crippen LogP contribution in [0, 0.1) is 17.4 Å². The fourth-order valence-corrected chi connectivity index (χ4v) is 4.75. The van der Waals surface area contributed by atoms with Gasteiger partial charge in [0.15, 0.2) is 5.11 Å². The number of hydrogen-bond donors (Lipinski definition) is 2. The molecule has 0 radical (unpaired) electrons. The first kappa shape index (κ1) is 17.5. The van der Waals surface area contributed by atoms with Gasteiger partial charge in [0.1, 0.15) is 5.76 Å². The van der Waals surface area contributed by atoms with Crippen molar-refractivity contribution in [1.29, 1.82) is 0 Å². The molecule has 5 nitrogen and oxygen atoms in total. The minimum atomic E-state index is -0.0129. The van der Waals surface area contributed by atoms with Crippen molar-refractivity contribution < 1.29 is 4.42 Å². The second-order valence-electron chi connectivity index (χ2n) is 6.44. The Morgan fingerprint density at radius 1 is 1.23 bits per heavy atom. The first-order valence-corrected chi connectivity index (χ1v) is 9.90. The fraction of sp³-hybridized carbons (Fsp3) is 0.263. The van der Waals surface area contributed by atoms with E-state index >= 15 is 0 Å². The van der Waals surface area contributed by atoms with Crippen molar-refractivity contribution in [1.82, 2.24) is 20.2 Å². The molecular weight excluding hydrogens is 459 g/mol. The van der Waals surface area contributed by atoms with Crippen LogP contribution in [-0.2, 0) is 6.54 Å². The van der Waals surface area contributed by atoms with Gasteiger partial charge in [0.05, 0.1) is 30.6 Å². The first-order valence-electron chi connectivity index (χ1n) is 8.41. The number of H-pyrrole nitrogens is 1. The van der Waals surface area contributed by atoms with Crippen molar-refractivity contribution in [2.24, 2.45) is 0 Å². The van der Waals surface area contributed by atoms with Gasteiger partial charge in [-0.25, -0.2) is 0 Å². The SMILES string of the molecule is Cc1[nH]c(C)c([C@@H]2[C@@H](c3ccccn3)NC(=S)N2Cc2ccco2)c1I. The topological polar surface area (TPSA) is 57.1 Å². The predicted octanol–water partition coefficient (Wildman–Crippen LogP) is 4.40.